The fourth-order valence-corrected chi connectivity index (χ4v) is 2.19. The molecule has 1 heterocycles. The molecule has 1 amide bonds. The van der Waals surface area contributed by atoms with Crippen LogP contribution in [0.3, 0.4) is 0 Å². The van der Waals surface area contributed by atoms with Gasteiger partial charge in [0.1, 0.15) is 0 Å². The summed E-state index contributed by atoms with van der Waals surface area (Å²) in [4.78, 5) is 15.5. The number of nitrogens with zero attached hydrogens (tertiary/aromatic N) is 2. The van der Waals surface area contributed by atoms with Crippen LogP contribution < -0.4 is 9.80 Å². The van der Waals surface area contributed by atoms with Crippen LogP contribution in [-0.4, -0.2) is 32.8 Å². The molecule has 0 N–H and O–H groups in total. The van der Waals surface area contributed by atoms with E-state index in [1.54, 1.807) is 7.05 Å². The lowest BCUT2D eigenvalue weighted by Crippen LogP contribution is -2.27. The molecule has 1 saturated heterocycles. The molecule has 0 aliphatic carbocycles. The highest BCUT2D eigenvalue weighted by Gasteiger charge is 2.14. The summed E-state index contributed by atoms with van der Waals surface area (Å²) in [5.74, 6) is 0. The van der Waals surface area contributed by atoms with Crippen LogP contribution >= 0.6 is 0 Å². The van der Waals surface area contributed by atoms with Crippen LogP contribution in [-0.2, 0) is 4.74 Å². The molecule has 0 saturated carbocycles. The predicted molar refractivity (Wildman–Crippen MR) is 73.3 cm³/mol. The first-order valence-corrected chi connectivity index (χ1v) is 6.48. The van der Waals surface area contributed by atoms with Gasteiger partial charge in [-0.05, 0) is 44.0 Å². The van der Waals surface area contributed by atoms with E-state index in [1.165, 1.54) is 23.4 Å². The summed E-state index contributed by atoms with van der Waals surface area (Å²) >= 11 is 0. The van der Waals surface area contributed by atoms with Crippen LogP contribution in [0, 0.1) is 0 Å². The van der Waals surface area contributed by atoms with Gasteiger partial charge in [0.05, 0.1) is 6.61 Å². The molecular weight excluding hydrogens is 228 g/mol. The Morgan fingerprint density at radius 1 is 1.28 bits per heavy atom. The van der Waals surface area contributed by atoms with E-state index < -0.39 is 0 Å². The Labute approximate surface area is 108 Å². The third-order valence-corrected chi connectivity index (χ3v) is 3.25. The Kier molecular flexibility index (Phi) is 4.07. The minimum absolute atomic E-state index is 0.313. The number of carbonyl (C=O) groups excluding carboxylic acids is 1. The van der Waals surface area contributed by atoms with Gasteiger partial charge in [-0.15, -0.1) is 0 Å². The van der Waals surface area contributed by atoms with Crippen molar-refractivity contribution >= 4 is 17.5 Å². The second kappa shape index (κ2) is 5.76. The predicted octanol–water partition coefficient (Wildman–Crippen LogP) is 2.88. The number of hydrogen-bond acceptors (Lipinski definition) is 3. The van der Waals surface area contributed by atoms with Crippen LogP contribution in [0.1, 0.15) is 19.8 Å². The maximum atomic E-state index is 11.6. The van der Waals surface area contributed by atoms with Crippen LogP contribution in [0.25, 0.3) is 0 Å². The molecule has 0 spiro atoms. The lowest BCUT2D eigenvalue weighted by atomic mass is 10.2. The summed E-state index contributed by atoms with van der Waals surface area (Å²) in [5.41, 5.74) is 2.09. The van der Waals surface area contributed by atoms with Crippen molar-refractivity contribution < 1.29 is 9.53 Å². The highest BCUT2D eigenvalue weighted by molar-refractivity contribution is 5.87. The maximum Gasteiger partial charge on any atom is 0.413 e. The van der Waals surface area contributed by atoms with E-state index in [9.17, 15) is 4.79 Å². The third-order valence-electron chi connectivity index (χ3n) is 3.25. The summed E-state index contributed by atoms with van der Waals surface area (Å²) in [5, 5.41) is 0. The van der Waals surface area contributed by atoms with Crippen LogP contribution in [0.4, 0.5) is 16.2 Å². The molecule has 0 unspecified atom stereocenters. The molecular formula is C14H20N2O2. The van der Waals surface area contributed by atoms with E-state index in [0.29, 0.717) is 6.61 Å². The molecule has 1 aromatic rings. The van der Waals surface area contributed by atoms with Gasteiger partial charge in [-0.2, -0.15) is 0 Å². The second-order valence-electron chi connectivity index (χ2n) is 4.47. The monoisotopic (exact) mass is 248 g/mol. The first-order chi connectivity index (χ1) is 8.72. The van der Waals surface area contributed by atoms with Gasteiger partial charge in [0.25, 0.3) is 0 Å². The lowest BCUT2D eigenvalue weighted by molar-refractivity contribution is 0.161. The summed E-state index contributed by atoms with van der Waals surface area (Å²) in [6.45, 7) is 4.47. The van der Waals surface area contributed by atoms with Crippen molar-refractivity contribution in [2.75, 3.05) is 36.5 Å². The fraction of sp³-hybridized carbons (Fsp3) is 0.500. The topological polar surface area (TPSA) is 32.8 Å². The van der Waals surface area contributed by atoms with Crippen molar-refractivity contribution in [3.8, 4) is 0 Å². The van der Waals surface area contributed by atoms with E-state index >= 15 is 0 Å². The van der Waals surface area contributed by atoms with E-state index in [4.69, 9.17) is 4.74 Å². The number of rotatable bonds is 3. The van der Waals surface area contributed by atoms with Gasteiger partial charge in [0.2, 0.25) is 0 Å². The molecule has 1 aromatic carbocycles. The van der Waals surface area contributed by atoms with Crippen molar-refractivity contribution in [3.05, 3.63) is 24.3 Å². The van der Waals surface area contributed by atoms with Gasteiger partial charge in [-0.3, -0.25) is 4.90 Å². The number of carbonyl (C=O) groups is 1. The molecule has 1 aliphatic heterocycles. The number of benzene rings is 1. The van der Waals surface area contributed by atoms with Crippen molar-refractivity contribution in [2.45, 2.75) is 19.8 Å². The summed E-state index contributed by atoms with van der Waals surface area (Å²) in [6, 6.07) is 8.06. The van der Waals surface area contributed by atoms with Crippen molar-refractivity contribution in [1.82, 2.24) is 0 Å². The van der Waals surface area contributed by atoms with Crippen LogP contribution in [0.15, 0.2) is 24.3 Å². The summed E-state index contributed by atoms with van der Waals surface area (Å²) in [6.07, 6.45) is 2.22. The normalized spacial score (nSPS) is 14.7. The van der Waals surface area contributed by atoms with Crippen molar-refractivity contribution in [3.63, 3.8) is 0 Å². The zero-order chi connectivity index (χ0) is 13.0. The van der Waals surface area contributed by atoms with E-state index in [0.717, 1.165) is 18.8 Å². The van der Waals surface area contributed by atoms with Gasteiger partial charge in [-0.1, -0.05) is 0 Å². The Morgan fingerprint density at radius 3 is 2.44 bits per heavy atom. The largest absolute Gasteiger partial charge is 0.449 e. The Bertz CT molecular complexity index is 397. The molecule has 98 valence electrons. The van der Waals surface area contributed by atoms with Crippen LogP contribution in [0.5, 0.6) is 0 Å². The fourth-order valence-electron chi connectivity index (χ4n) is 2.19. The number of amides is 1. The molecule has 0 atom stereocenters. The molecule has 1 aliphatic rings. The zero-order valence-corrected chi connectivity index (χ0v) is 11.1. The van der Waals surface area contributed by atoms with E-state index in [-0.39, 0.29) is 6.09 Å². The molecule has 0 bridgehead atoms. The van der Waals surface area contributed by atoms with Gasteiger partial charge in [0, 0.05) is 31.5 Å². The van der Waals surface area contributed by atoms with Gasteiger partial charge in [-0.25, -0.2) is 4.79 Å². The first-order valence-electron chi connectivity index (χ1n) is 6.48. The molecule has 2 rings (SSSR count). The summed E-state index contributed by atoms with van der Waals surface area (Å²) in [7, 11) is 1.73. The van der Waals surface area contributed by atoms with Gasteiger partial charge < -0.3 is 9.64 Å². The molecule has 0 radical (unpaired) electrons. The molecule has 18 heavy (non-hydrogen) atoms. The Morgan fingerprint density at radius 2 is 1.89 bits per heavy atom. The maximum absolute atomic E-state index is 11.6. The quantitative estimate of drug-likeness (QED) is 0.824. The van der Waals surface area contributed by atoms with Crippen LogP contribution in [0.2, 0.25) is 0 Å². The third kappa shape index (κ3) is 2.75. The SMILES string of the molecule is CCOC(=O)N(C)c1ccc(N2CCCC2)cc1. The van der Waals surface area contributed by atoms with Crippen molar-refractivity contribution in [2.24, 2.45) is 0 Å². The number of hydrogen-bond donors (Lipinski definition) is 0. The molecule has 4 heteroatoms. The molecule has 1 fully saturated rings. The van der Waals surface area contributed by atoms with E-state index in [1.807, 2.05) is 19.1 Å². The number of ether oxygens (including phenoxy) is 1. The smallest absolute Gasteiger partial charge is 0.413 e. The van der Waals surface area contributed by atoms with E-state index in [2.05, 4.69) is 17.0 Å². The minimum atomic E-state index is -0.313. The Balaban J connectivity index is 2.04. The van der Waals surface area contributed by atoms with Gasteiger partial charge >= 0.3 is 6.09 Å². The molecule has 4 nitrogen and oxygen atoms in total. The average molecular weight is 248 g/mol. The standard InChI is InChI=1S/C14H20N2O2/c1-3-18-14(17)15(2)12-6-8-13(9-7-12)16-10-4-5-11-16/h6-9H,3-5,10-11H2,1-2H3. The summed E-state index contributed by atoms with van der Waals surface area (Å²) < 4.78 is 4.96. The molecule has 0 aromatic heterocycles. The van der Waals surface area contributed by atoms with Gasteiger partial charge in [0.15, 0.2) is 0 Å². The average Bonchev–Trinajstić information content (AvgIpc) is 2.92. The second-order valence-corrected chi connectivity index (χ2v) is 4.47. The van der Waals surface area contributed by atoms with Crippen molar-refractivity contribution in [1.29, 1.82) is 0 Å². The lowest BCUT2D eigenvalue weighted by Gasteiger charge is -2.20. The highest BCUT2D eigenvalue weighted by Crippen LogP contribution is 2.23. The highest BCUT2D eigenvalue weighted by atomic mass is 16.6. The Hall–Kier alpha value is -1.71. The minimum Gasteiger partial charge on any atom is -0.449 e. The first kappa shape index (κ1) is 12.7. The number of anilines is 2. The zero-order valence-electron chi connectivity index (χ0n) is 11.1.